The van der Waals surface area contributed by atoms with Crippen LogP contribution in [0.4, 0.5) is 0 Å². The molecule has 0 saturated heterocycles. The molecular weight excluding hydrogens is 358 g/mol. The largest absolute Gasteiger partial charge is 0.467 e. The number of likely N-dealkylation sites (N-methyl/N-ethyl adjacent to an activating group) is 1. The summed E-state index contributed by atoms with van der Waals surface area (Å²) in [6.07, 6.45) is 1.53. The third-order valence-electron chi connectivity index (χ3n) is 4.41. The van der Waals surface area contributed by atoms with Gasteiger partial charge in [-0.25, -0.2) is 0 Å². The molecule has 0 unspecified atom stereocenters. The van der Waals surface area contributed by atoms with Crippen molar-refractivity contribution < 1.29 is 18.8 Å². The smallest absolute Gasteiger partial charge is 0.252 e. The van der Waals surface area contributed by atoms with Gasteiger partial charge in [-0.15, -0.1) is 0 Å². The van der Waals surface area contributed by atoms with Gasteiger partial charge in [0.05, 0.1) is 19.4 Å². The highest BCUT2D eigenvalue weighted by molar-refractivity contribution is 5.99. The van der Waals surface area contributed by atoms with E-state index in [9.17, 15) is 14.4 Å². The predicted molar refractivity (Wildman–Crippen MR) is 105 cm³/mol. The molecule has 2 aromatic rings. The molecule has 1 atom stereocenters. The molecule has 0 fully saturated rings. The first-order valence-electron chi connectivity index (χ1n) is 9.20. The number of amides is 3. The second kappa shape index (κ2) is 9.73. The van der Waals surface area contributed by atoms with E-state index in [4.69, 9.17) is 4.42 Å². The van der Waals surface area contributed by atoms with Gasteiger partial charge in [-0.2, -0.15) is 0 Å². The van der Waals surface area contributed by atoms with Crippen LogP contribution in [0.2, 0.25) is 0 Å². The van der Waals surface area contributed by atoms with Crippen LogP contribution in [0.1, 0.15) is 35.5 Å². The minimum atomic E-state index is -0.727. The Hall–Kier alpha value is -3.09. The summed E-state index contributed by atoms with van der Waals surface area (Å²) >= 11 is 0. The molecule has 0 aliphatic carbocycles. The molecule has 28 heavy (non-hydrogen) atoms. The molecule has 0 spiro atoms. The number of nitrogens with zero attached hydrogens (tertiary/aromatic N) is 1. The van der Waals surface area contributed by atoms with Crippen LogP contribution >= 0.6 is 0 Å². The van der Waals surface area contributed by atoms with Gasteiger partial charge in [-0.05, 0) is 36.6 Å². The Morgan fingerprint density at radius 3 is 2.43 bits per heavy atom. The second-order valence-electron chi connectivity index (χ2n) is 7.06. The summed E-state index contributed by atoms with van der Waals surface area (Å²) in [5, 5.41) is 5.50. The average Bonchev–Trinajstić information content (AvgIpc) is 3.17. The van der Waals surface area contributed by atoms with E-state index in [0.717, 1.165) is 5.56 Å². The van der Waals surface area contributed by atoms with E-state index < -0.39 is 6.04 Å². The summed E-state index contributed by atoms with van der Waals surface area (Å²) in [6, 6.07) is 9.96. The lowest BCUT2D eigenvalue weighted by atomic mass is 10.0. The number of furan rings is 1. The molecular formula is C21H27N3O4. The van der Waals surface area contributed by atoms with Crippen LogP contribution in [0.3, 0.4) is 0 Å². The minimum Gasteiger partial charge on any atom is -0.467 e. The Bertz CT molecular complexity index is 815. The first-order chi connectivity index (χ1) is 13.3. The SMILES string of the molecule is Cc1ccccc1C(=O)N[C@@H](C(=O)N(C)CC(=O)NCc1ccco1)C(C)C. The van der Waals surface area contributed by atoms with Crippen LogP contribution in [-0.2, 0) is 16.1 Å². The summed E-state index contributed by atoms with van der Waals surface area (Å²) in [7, 11) is 1.55. The maximum Gasteiger partial charge on any atom is 0.252 e. The molecule has 0 bridgehead atoms. The number of rotatable bonds is 8. The Morgan fingerprint density at radius 2 is 1.82 bits per heavy atom. The van der Waals surface area contributed by atoms with E-state index >= 15 is 0 Å². The third-order valence-corrected chi connectivity index (χ3v) is 4.41. The van der Waals surface area contributed by atoms with E-state index in [0.29, 0.717) is 11.3 Å². The molecule has 150 valence electrons. The summed E-state index contributed by atoms with van der Waals surface area (Å²) < 4.78 is 5.16. The molecule has 2 N–H and O–H groups in total. The topological polar surface area (TPSA) is 91.7 Å². The summed E-state index contributed by atoms with van der Waals surface area (Å²) in [5.41, 5.74) is 1.36. The normalized spacial score (nSPS) is 11.8. The van der Waals surface area contributed by atoms with E-state index in [-0.39, 0.29) is 36.7 Å². The van der Waals surface area contributed by atoms with Gasteiger partial charge in [0.15, 0.2) is 0 Å². The van der Waals surface area contributed by atoms with Crippen LogP contribution in [0.5, 0.6) is 0 Å². The number of aryl methyl sites for hydroxylation is 1. The van der Waals surface area contributed by atoms with Crippen LogP contribution in [0.15, 0.2) is 47.1 Å². The Kier molecular flexibility index (Phi) is 7.37. The van der Waals surface area contributed by atoms with E-state index in [1.54, 1.807) is 31.3 Å². The van der Waals surface area contributed by atoms with Gasteiger partial charge in [0.1, 0.15) is 11.8 Å². The second-order valence-corrected chi connectivity index (χ2v) is 7.06. The summed E-state index contributed by atoms with van der Waals surface area (Å²) in [6.45, 7) is 5.70. The zero-order valence-electron chi connectivity index (χ0n) is 16.7. The van der Waals surface area contributed by atoms with E-state index in [1.807, 2.05) is 32.9 Å². The van der Waals surface area contributed by atoms with Crippen molar-refractivity contribution in [3.05, 3.63) is 59.5 Å². The fourth-order valence-electron chi connectivity index (χ4n) is 2.75. The Morgan fingerprint density at radius 1 is 1.11 bits per heavy atom. The van der Waals surface area contributed by atoms with Gasteiger partial charge in [0, 0.05) is 12.6 Å². The molecule has 7 heteroatoms. The van der Waals surface area contributed by atoms with Crippen molar-refractivity contribution in [3.8, 4) is 0 Å². The summed E-state index contributed by atoms with van der Waals surface area (Å²) in [5.74, 6) is -0.423. The van der Waals surface area contributed by atoms with Gasteiger partial charge in [0.2, 0.25) is 11.8 Å². The molecule has 1 aromatic carbocycles. The first-order valence-corrected chi connectivity index (χ1v) is 9.20. The molecule has 1 aromatic heterocycles. The number of hydrogen-bond donors (Lipinski definition) is 2. The highest BCUT2D eigenvalue weighted by Gasteiger charge is 2.28. The Labute approximate surface area is 165 Å². The molecule has 2 rings (SSSR count). The van der Waals surface area contributed by atoms with Gasteiger partial charge in [-0.1, -0.05) is 32.0 Å². The fraction of sp³-hybridized carbons (Fsp3) is 0.381. The lowest BCUT2D eigenvalue weighted by Gasteiger charge is -2.27. The number of carbonyl (C=O) groups excluding carboxylic acids is 3. The highest BCUT2D eigenvalue weighted by atomic mass is 16.3. The van der Waals surface area contributed by atoms with Crippen molar-refractivity contribution in [2.75, 3.05) is 13.6 Å². The fourth-order valence-corrected chi connectivity index (χ4v) is 2.75. The zero-order valence-corrected chi connectivity index (χ0v) is 16.7. The van der Waals surface area contributed by atoms with Gasteiger partial charge >= 0.3 is 0 Å². The third kappa shape index (κ3) is 5.70. The quantitative estimate of drug-likeness (QED) is 0.728. The number of hydrogen-bond acceptors (Lipinski definition) is 4. The molecule has 0 aliphatic rings. The van der Waals surface area contributed by atoms with E-state index in [2.05, 4.69) is 10.6 Å². The van der Waals surface area contributed by atoms with Crippen molar-refractivity contribution in [1.29, 1.82) is 0 Å². The zero-order chi connectivity index (χ0) is 20.7. The number of benzene rings is 1. The maximum atomic E-state index is 12.8. The maximum absolute atomic E-state index is 12.8. The number of nitrogens with one attached hydrogen (secondary N) is 2. The van der Waals surface area contributed by atoms with Crippen molar-refractivity contribution in [3.63, 3.8) is 0 Å². The van der Waals surface area contributed by atoms with Crippen molar-refractivity contribution >= 4 is 17.7 Å². The van der Waals surface area contributed by atoms with Gasteiger partial charge < -0.3 is 20.0 Å². The molecule has 0 saturated carbocycles. The Balaban J connectivity index is 1.96. The van der Waals surface area contributed by atoms with E-state index in [1.165, 1.54) is 11.2 Å². The molecule has 0 aliphatic heterocycles. The van der Waals surface area contributed by atoms with Crippen LogP contribution in [0.25, 0.3) is 0 Å². The van der Waals surface area contributed by atoms with Gasteiger partial charge in [0.25, 0.3) is 5.91 Å². The van der Waals surface area contributed by atoms with Gasteiger partial charge in [-0.3, -0.25) is 14.4 Å². The molecule has 1 heterocycles. The van der Waals surface area contributed by atoms with Crippen LogP contribution in [0, 0.1) is 12.8 Å². The van der Waals surface area contributed by atoms with Crippen molar-refractivity contribution in [2.45, 2.75) is 33.4 Å². The number of carbonyl (C=O) groups is 3. The first kappa shape index (κ1) is 21.2. The van der Waals surface area contributed by atoms with Crippen molar-refractivity contribution in [1.82, 2.24) is 15.5 Å². The molecule has 7 nitrogen and oxygen atoms in total. The average molecular weight is 385 g/mol. The minimum absolute atomic E-state index is 0.108. The highest BCUT2D eigenvalue weighted by Crippen LogP contribution is 2.11. The molecule has 0 radical (unpaired) electrons. The summed E-state index contributed by atoms with van der Waals surface area (Å²) in [4.78, 5) is 38.8. The molecule has 3 amide bonds. The lowest BCUT2D eigenvalue weighted by Crippen LogP contribution is -2.52. The lowest BCUT2D eigenvalue weighted by molar-refractivity contribution is -0.137. The van der Waals surface area contributed by atoms with Crippen molar-refractivity contribution in [2.24, 2.45) is 5.92 Å². The predicted octanol–water partition coefficient (Wildman–Crippen LogP) is 2.12. The van der Waals surface area contributed by atoms with Crippen LogP contribution < -0.4 is 10.6 Å². The monoisotopic (exact) mass is 385 g/mol. The standard InChI is InChI=1S/C21H27N3O4/c1-14(2)19(23-20(26)17-10-6-5-8-15(17)3)21(27)24(4)13-18(25)22-12-16-9-7-11-28-16/h5-11,14,19H,12-13H2,1-4H3,(H,22,25)(H,23,26)/t19-/m1/s1. The van der Waals surface area contributed by atoms with Crippen LogP contribution in [-0.4, -0.2) is 42.3 Å².